The molecule has 1 atom stereocenters. The van der Waals surface area contributed by atoms with Crippen molar-refractivity contribution < 1.29 is 9.72 Å². The van der Waals surface area contributed by atoms with Gasteiger partial charge >= 0.3 is 0 Å². The van der Waals surface area contributed by atoms with Crippen molar-refractivity contribution in [2.24, 2.45) is 5.73 Å². The van der Waals surface area contributed by atoms with Crippen LogP contribution in [0, 0.1) is 17.0 Å². The standard InChI is InChI=1S/C15H15N3O3/c1-10-9-12(18(20)21)7-8-13(10)17-15(19)14(16)11-5-3-2-4-6-11/h2-9,14H,16H2,1H3,(H,17,19)/t14-/m1/s1. The number of hydrogen-bond acceptors (Lipinski definition) is 4. The van der Waals surface area contributed by atoms with Gasteiger partial charge in [0.25, 0.3) is 5.69 Å². The highest BCUT2D eigenvalue weighted by Gasteiger charge is 2.17. The molecule has 0 unspecified atom stereocenters. The van der Waals surface area contributed by atoms with Gasteiger partial charge in [0.1, 0.15) is 6.04 Å². The van der Waals surface area contributed by atoms with Crippen LogP contribution < -0.4 is 11.1 Å². The Morgan fingerprint density at radius 2 is 1.90 bits per heavy atom. The lowest BCUT2D eigenvalue weighted by molar-refractivity contribution is -0.384. The molecule has 1 amide bonds. The van der Waals surface area contributed by atoms with Crippen LogP contribution in [0.2, 0.25) is 0 Å². The summed E-state index contributed by atoms with van der Waals surface area (Å²) in [6.07, 6.45) is 0. The van der Waals surface area contributed by atoms with E-state index in [1.807, 2.05) is 6.07 Å². The summed E-state index contributed by atoms with van der Waals surface area (Å²) in [7, 11) is 0. The van der Waals surface area contributed by atoms with Crippen molar-refractivity contribution in [3.63, 3.8) is 0 Å². The fourth-order valence-corrected chi connectivity index (χ4v) is 1.92. The molecule has 0 heterocycles. The first-order chi connectivity index (χ1) is 9.99. The first-order valence-electron chi connectivity index (χ1n) is 6.35. The monoisotopic (exact) mass is 285 g/mol. The van der Waals surface area contributed by atoms with Crippen molar-refractivity contribution in [1.29, 1.82) is 0 Å². The minimum absolute atomic E-state index is 0.0159. The van der Waals surface area contributed by atoms with E-state index in [4.69, 9.17) is 5.73 Å². The van der Waals surface area contributed by atoms with E-state index in [9.17, 15) is 14.9 Å². The highest BCUT2D eigenvalue weighted by atomic mass is 16.6. The Labute approximate surface area is 121 Å². The van der Waals surface area contributed by atoms with Crippen molar-refractivity contribution in [3.05, 3.63) is 69.8 Å². The molecular weight excluding hydrogens is 270 g/mol. The summed E-state index contributed by atoms with van der Waals surface area (Å²) >= 11 is 0. The van der Waals surface area contributed by atoms with Gasteiger partial charge in [-0.15, -0.1) is 0 Å². The molecule has 108 valence electrons. The molecule has 0 aromatic heterocycles. The third-order valence-corrected chi connectivity index (χ3v) is 3.12. The molecule has 0 saturated carbocycles. The predicted octanol–water partition coefficient (Wildman–Crippen LogP) is 2.54. The third-order valence-electron chi connectivity index (χ3n) is 3.12. The van der Waals surface area contributed by atoms with E-state index >= 15 is 0 Å². The highest BCUT2D eigenvalue weighted by molar-refractivity contribution is 5.96. The van der Waals surface area contributed by atoms with E-state index in [0.717, 1.165) is 0 Å². The fourth-order valence-electron chi connectivity index (χ4n) is 1.92. The van der Waals surface area contributed by atoms with Gasteiger partial charge in [0, 0.05) is 17.8 Å². The van der Waals surface area contributed by atoms with Crippen LogP contribution in [0.15, 0.2) is 48.5 Å². The molecule has 0 spiro atoms. The first kappa shape index (κ1) is 14.7. The molecule has 6 nitrogen and oxygen atoms in total. The van der Waals surface area contributed by atoms with Crippen LogP contribution in [-0.2, 0) is 4.79 Å². The summed E-state index contributed by atoms with van der Waals surface area (Å²) in [5.74, 6) is -0.363. The molecule has 2 aromatic rings. The van der Waals surface area contributed by atoms with Gasteiger partial charge in [0.15, 0.2) is 0 Å². The number of hydrogen-bond donors (Lipinski definition) is 2. The molecule has 0 bridgehead atoms. The second kappa shape index (κ2) is 6.15. The maximum absolute atomic E-state index is 12.1. The predicted molar refractivity (Wildman–Crippen MR) is 79.8 cm³/mol. The van der Waals surface area contributed by atoms with Gasteiger partial charge in [-0.3, -0.25) is 14.9 Å². The van der Waals surface area contributed by atoms with E-state index in [2.05, 4.69) is 5.32 Å². The minimum atomic E-state index is -0.791. The molecule has 0 aliphatic heterocycles. The lowest BCUT2D eigenvalue weighted by Gasteiger charge is -2.13. The SMILES string of the molecule is Cc1cc([N+](=O)[O-])ccc1NC(=O)[C@H](N)c1ccccc1. The number of nitro groups is 1. The lowest BCUT2D eigenvalue weighted by Crippen LogP contribution is -2.27. The smallest absolute Gasteiger partial charge is 0.269 e. The lowest BCUT2D eigenvalue weighted by atomic mass is 10.1. The number of nitro benzene ring substituents is 1. The summed E-state index contributed by atoms with van der Waals surface area (Å²) in [5, 5.41) is 13.4. The largest absolute Gasteiger partial charge is 0.324 e. The molecule has 21 heavy (non-hydrogen) atoms. The Morgan fingerprint density at radius 3 is 2.48 bits per heavy atom. The molecule has 0 aliphatic carbocycles. The van der Waals surface area contributed by atoms with Gasteiger partial charge in [-0.2, -0.15) is 0 Å². The summed E-state index contributed by atoms with van der Waals surface area (Å²) in [6.45, 7) is 1.69. The zero-order chi connectivity index (χ0) is 15.4. The normalized spacial score (nSPS) is 11.7. The maximum Gasteiger partial charge on any atom is 0.269 e. The number of carbonyl (C=O) groups excluding carboxylic acids is 1. The van der Waals surface area contributed by atoms with Crippen LogP contribution in [0.3, 0.4) is 0 Å². The summed E-state index contributed by atoms with van der Waals surface area (Å²) in [5.41, 5.74) is 7.70. The zero-order valence-electron chi connectivity index (χ0n) is 11.4. The maximum atomic E-state index is 12.1. The summed E-state index contributed by atoms with van der Waals surface area (Å²) in [6, 6.07) is 12.5. The highest BCUT2D eigenvalue weighted by Crippen LogP contribution is 2.22. The van der Waals surface area contributed by atoms with E-state index in [0.29, 0.717) is 16.8 Å². The molecule has 3 N–H and O–H groups in total. The van der Waals surface area contributed by atoms with E-state index in [1.165, 1.54) is 18.2 Å². The Hall–Kier alpha value is -2.73. The molecule has 2 rings (SSSR count). The van der Waals surface area contributed by atoms with E-state index < -0.39 is 11.0 Å². The number of rotatable bonds is 4. The number of amides is 1. The van der Waals surface area contributed by atoms with Crippen molar-refractivity contribution in [1.82, 2.24) is 0 Å². The Balaban J connectivity index is 2.15. The van der Waals surface area contributed by atoms with Crippen LogP contribution in [0.5, 0.6) is 0 Å². The van der Waals surface area contributed by atoms with Gasteiger partial charge in [-0.05, 0) is 24.1 Å². The number of nitrogens with zero attached hydrogens (tertiary/aromatic N) is 1. The van der Waals surface area contributed by atoms with E-state index in [1.54, 1.807) is 31.2 Å². The van der Waals surface area contributed by atoms with Gasteiger partial charge < -0.3 is 11.1 Å². The van der Waals surface area contributed by atoms with Crippen LogP contribution in [-0.4, -0.2) is 10.8 Å². The van der Waals surface area contributed by atoms with Gasteiger partial charge in [-0.1, -0.05) is 30.3 Å². The molecular formula is C15H15N3O3. The summed E-state index contributed by atoms with van der Waals surface area (Å²) < 4.78 is 0. The number of nitrogens with two attached hydrogens (primary N) is 1. The van der Waals surface area contributed by atoms with Crippen LogP contribution in [0.25, 0.3) is 0 Å². The molecule has 2 aromatic carbocycles. The van der Waals surface area contributed by atoms with Crippen molar-refractivity contribution in [2.75, 3.05) is 5.32 Å². The molecule has 0 aliphatic rings. The summed E-state index contributed by atoms with van der Waals surface area (Å²) in [4.78, 5) is 22.3. The number of aryl methyl sites for hydroxylation is 1. The van der Waals surface area contributed by atoms with Crippen molar-refractivity contribution in [3.8, 4) is 0 Å². The average Bonchev–Trinajstić information content (AvgIpc) is 2.49. The number of carbonyl (C=O) groups is 1. The number of non-ortho nitro benzene ring substituents is 1. The fraction of sp³-hybridized carbons (Fsp3) is 0.133. The van der Waals surface area contributed by atoms with E-state index in [-0.39, 0.29) is 11.6 Å². The number of anilines is 1. The van der Waals surface area contributed by atoms with Crippen molar-refractivity contribution in [2.45, 2.75) is 13.0 Å². The topological polar surface area (TPSA) is 98.3 Å². The van der Waals surface area contributed by atoms with Crippen LogP contribution >= 0.6 is 0 Å². The van der Waals surface area contributed by atoms with Gasteiger partial charge in [-0.25, -0.2) is 0 Å². The van der Waals surface area contributed by atoms with Gasteiger partial charge in [0.2, 0.25) is 5.91 Å². The van der Waals surface area contributed by atoms with Crippen LogP contribution in [0.4, 0.5) is 11.4 Å². The molecule has 0 saturated heterocycles. The second-order valence-electron chi connectivity index (χ2n) is 4.63. The Morgan fingerprint density at radius 1 is 1.24 bits per heavy atom. The van der Waals surface area contributed by atoms with Crippen molar-refractivity contribution >= 4 is 17.3 Å². The number of benzene rings is 2. The number of nitrogens with one attached hydrogen (secondary N) is 1. The second-order valence-corrected chi connectivity index (χ2v) is 4.63. The average molecular weight is 285 g/mol. The quantitative estimate of drug-likeness (QED) is 0.666. The molecule has 0 fully saturated rings. The Kier molecular flexibility index (Phi) is 4.30. The Bertz CT molecular complexity index is 671. The minimum Gasteiger partial charge on any atom is -0.324 e. The van der Waals surface area contributed by atoms with Crippen LogP contribution in [0.1, 0.15) is 17.2 Å². The third kappa shape index (κ3) is 3.43. The molecule has 0 radical (unpaired) electrons. The van der Waals surface area contributed by atoms with Gasteiger partial charge in [0.05, 0.1) is 4.92 Å². The first-order valence-corrected chi connectivity index (χ1v) is 6.35. The molecule has 6 heteroatoms. The zero-order valence-corrected chi connectivity index (χ0v) is 11.4.